The van der Waals surface area contributed by atoms with Crippen LogP contribution in [0.4, 0.5) is 4.39 Å². The van der Waals surface area contributed by atoms with Gasteiger partial charge in [0.1, 0.15) is 5.82 Å². The molecule has 3 nitrogen and oxygen atoms in total. The van der Waals surface area contributed by atoms with Crippen LogP contribution in [0.2, 0.25) is 0 Å². The van der Waals surface area contributed by atoms with Crippen LogP contribution in [-0.2, 0) is 6.42 Å². The third-order valence-electron chi connectivity index (χ3n) is 3.30. The van der Waals surface area contributed by atoms with E-state index in [1.807, 2.05) is 6.07 Å². The van der Waals surface area contributed by atoms with Crippen LogP contribution < -0.4 is 15.2 Å². The van der Waals surface area contributed by atoms with Gasteiger partial charge >= 0.3 is 0 Å². The quantitative estimate of drug-likeness (QED) is 0.887. The van der Waals surface area contributed by atoms with Crippen LogP contribution >= 0.6 is 15.9 Å². The highest BCUT2D eigenvalue weighted by atomic mass is 79.9. The van der Waals surface area contributed by atoms with E-state index in [0.29, 0.717) is 23.5 Å². The summed E-state index contributed by atoms with van der Waals surface area (Å²) in [4.78, 5) is 0. The zero-order chi connectivity index (χ0) is 15.4. The molecular weight excluding hydrogens is 337 g/mol. The van der Waals surface area contributed by atoms with Crippen LogP contribution in [0.3, 0.4) is 0 Å². The minimum atomic E-state index is -0.351. The van der Waals surface area contributed by atoms with Crippen molar-refractivity contribution in [3.8, 4) is 11.5 Å². The Morgan fingerprint density at radius 2 is 1.76 bits per heavy atom. The maximum atomic E-state index is 13.7. The normalized spacial score (nSPS) is 12.0. The predicted molar refractivity (Wildman–Crippen MR) is 84.3 cm³/mol. The molecule has 1 atom stereocenters. The summed E-state index contributed by atoms with van der Waals surface area (Å²) in [5.74, 6) is 0.968. The van der Waals surface area contributed by atoms with E-state index in [1.165, 1.54) is 6.07 Å². The second-order valence-electron chi connectivity index (χ2n) is 4.63. The molecule has 2 rings (SSSR count). The zero-order valence-corrected chi connectivity index (χ0v) is 13.5. The minimum absolute atomic E-state index is 0.246. The number of ether oxygens (including phenoxy) is 2. The molecule has 21 heavy (non-hydrogen) atoms. The molecule has 0 fully saturated rings. The van der Waals surface area contributed by atoms with Crippen LogP contribution in [0.1, 0.15) is 17.2 Å². The summed E-state index contributed by atoms with van der Waals surface area (Å²) in [7, 11) is 3.14. The largest absolute Gasteiger partial charge is 0.493 e. The fourth-order valence-electron chi connectivity index (χ4n) is 2.16. The molecule has 2 N–H and O–H groups in total. The van der Waals surface area contributed by atoms with Crippen LogP contribution in [0.15, 0.2) is 40.9 Å². The van der Waals surface area contributed by atoms with Crippen molar-refractivity contribution in [3.05, 3.63) is 57.8 Å². The number of methoxy groups -OCH3 is 2. The third kappa shape index (κ3) is 3.54. The Bertz CT molecular complexity index is 634. The number of benzene rings is 2. The van der Waals surface area contributed by atoms with Crippen LogP contribution in [0, 0.1) is 5.82 Å². The van der Waals surface area contributed by atoms with Gasteiger partial charge in [0.15, 0.2) is 11.5 Å². The first kappa shape index (κ1) is 15.8. The van der Waals surface area contributed by atoms with Gasteiger partial charge in [0.25, 0.3) is 0 Å². The molecule has 0 spiro atoms. The minimum Gasteiger partial charge on any atom is -0.493 e. The van der Waals surface area contributed by atoms with Crippen molar-refractivity contribution in [2.24, 2.45) is 5.73 Å². The fraction of sp³-hybridized carbons (Fsp3) is 0.250. The van der Waals surface area contributed by atoms with Gasteiger partial charge in [-0.2, -0.15) is 0 Å². The van der Waals surface area contributed by atoms with E-state index >= 15 is 0 Å². The highest BCUT2D eigenvalue weighted by Gasteiger charge is 2.16. The van der Waals surface area contributed by atoms with Crippen LogP contribution in [-0.4, -0.2) is 14.2 Å². The van der Waals surface area contributed by atoms with E-state index in [0.717, 1.165) is 10.0 Å². The van der Waals surface area contributed by atoms with Crippen molar-refractivity contribution in [2.45, 2.75) is 12.5 Å². The monoisotopic (exact) mass is 353 g/mol. The average molecular weight is 354 g/mol. The Labute approximate surface area is 132 Å². The molecule has 0 radical (unpaired) electrons. The first-order valence-electron chi connectivity index (χ1n) is 6.47. The van der Waals surface area contributed by atoms with Gasteiger partial charge in [-0.25, -0.2) is 4.39 Å². The van der Waals surface area contributed by atoms with Gasteiger partial charge in [0.2, 0.25) is 0 Å². The molecule has 0 aliphatic rings. The highest BCUT2D eigenvalue weighted by Crippen LogP contribution is 2.36. The van der Waals surface area contributed by atoms with E-state index in [1.54, 1.807) is 38.5 Å². The van der Waals surface area contributed by atoms with Crippen molar-refractivity contribution in [2.75, 3.05) is 14.2 Å². The topological polar surface area (TPSA) is 44.5 Å². The lowest BCUT2D eigenvalue weighted by Crippen LogP contribution is -2.15. The van der Waals surface area contributed by atoms with Crippen LogP contribution in [0.25, 0.3) is 0 Å². The van der Waals surface area contributed by atoms with Gasteiger partial charge in [-0.15, -0.1) is 0 Å². The molecule has 112 valence electrons. The lowest BCUT2D eigenvalue weighted by Gasteiger charge is -2.17. The maximum absolute atomic E-state index is 13.7. The molecule has 0 heterocycles. The number of nitrogens with two attached hydrogens (primary N) is 1. The standard InChI is InChI=1S/C16H17BrFNO2/c1-20-15-8-11(12(17)9-16(15)21-2)14(19)7-10-5-3-4-6-13(10)18/h3-6,8-9,14H,7,19H2,1-2H3. The molecule has 2 aromatic carbocycles. The van der Waals surface area contributed by atoms with Crippen molar-refractivity contribution >= 4 is 15.9 Å². The van der Waals surface area contributed by atoms with Crippen molar-refractivity contribution < 1.29 is 13.9 Å². The lowest BCUT2D eigenvalue weighted by atomic mass is 9.99. The van der Waals surface area contributed by atoms with Gasteiger partial charge in [0, 0.05) is 10.5 Å². The summed E-state index contributed by atoms with van der Waals surface area (Å²) in [6, 6.07) is 9.90. The lowest BCUT2D eigenvalue weighted by molar-refractivity contribution is 0.354. The Hall–Kier alpha value is -1.59. The van der Waals surface area contributed by atoms with Gasteiger partial charge < -0.3 is 15.2 Å². The molecule has 0 aliphatic carbocycles. The molecule has 0 aliphatic heterocycles. The molecular formula is C16H17BrFNO2. The predicted octanol–water partition coefficient (Wildman–Crippen LogP) is 3.85. The summed E-state index contributed by atoms with van der Waals surface area (Å²) >= 11 is 3.47. The van der Waals surface area contributed by atoms with Gasteiger partial charge in [-0.3, -0.25) is 0 Å². The number of halogens is 2. The van der Waals surface area contributed by atoms with Gasteiger partial charge in [-0.1, -0.05) is 34.1 Å². The van der Waals surface area contributed by atoms with E-state index in [9.17, 15) is 4.39 Å². The smallest absolute Gasteiger partial charge is 0.161 e. The Balaban J connectivity index is 2.31. The first-order chi connectivity index (χ1) is 10.1. The van der Waals surface area contributed by atoms with E-state index in [4.69, 9.17) is 15.2 Å². The molecule has 0 bridgehead atoms. The number of hydrogen-bond donors (Lipinski definition) is 1. The highest BCUT2D eigenvalue weighted by molar-refractivity contribution is 9.10. The van der Waals surface area contributed by atoms with Gasteiger partial charge in [-0.05, 0) is 35.7 Å². The summed E-state index contributed by atoms with van der Waals surface area (Å²) in [5.41, 5.74) is 7.65. The summed E-state index contributed by atoms with van der Waals surface area (Å²) in [5, 5.41) is 0. The number of hydrogen-bond acceptors (Lipinski definition) is 3. The van der Waals surface area contributed by atoms with Crippen LogP contribution in [0.5, 0.6) is 11.5 Å². The molecule has 0 saturated carbocycles. The summed E-state index contributed by atoms with van der Waals surface area (Å²) < 4.78 is 25.0. The Morgan fingerprint density at radius 3 is 2.38 bits per heavy atom. The zero-order valence-electron chi connectivity index (χ0n) is 11.9. The van der Waals surface area contributed by atoms with E-state index in [2.05, 4.69) is 15.9 Å². The summed E-state index contributed by atoms with van der Waals surface area (Å²) in [6.45, 7) is 0. The molecule has 0 saturated heterocycles. The van der Waals surface area contributed by atoms with Crippen molar-refractivity contribution in [1.29, 1.82) is 0 Å². The molecule has 1 unspecified atom stereocenters. The third-order valence-corrected chi connectivity index (χ3v) is 3.99. The fourth-order valence-corrected chi connectivity index (χ4v) is 2.78. The molecule has 0 amide bonds. The first-order valence-corrected chi connectivity index (χ1v) is 7.26. The Kier molecular flexibility index (Phi) is 5.20. The van der Waals surface area contributed by atoms with E-state index < -0.39 is 0 Å². The number of rotatable bonds is 5. The van der Waals surface area contributed by atoms with Crippen molar-refractivity contribution in [1.82, 2.24) is 0 Å². The van der Waals surface area contributed by atoms with Crippen molar-refractivity contribution in [3.63, 3.8) is 0 Å². The molecule has 2 aromatic rings. The average Bonchev–Trinajstić information content (AvgIpc) is 2.49. The second kappa shape index (κ2) is 6.91. The van der Waals surface area contributed by atoms with E-state index in [-0.39, 0.29) is 11.9 Å². The summed E-state index contributed by atoms with van der Waals surface area (Å²) in [6.07, 6.45) is 0.404. The SMILES string of the molecule is COc1cc(Br)c(C(N)Cc2ccccc2F)cc1OC. The second-order valence-corrected chi connectivity index (χ2v) is 5.49. The Morgan fingerprint density at radius 1 is 1.14 bits per heavy atom. The maximum Gasteiger partial charge on any atom is 0.161 e. The molecule has 5 heteroatoms. The van der Waals surface area contributed by atoms with Gasteiger partial charge in [0.05, 0.1) is 14.2 Å². The molecule has 0 aromatic heterocycles.